The lowest BCUT2D eigenvalue weighted by Crippen LogP contribution is -2.17. The van der Waals surface area contributed by atoms with Crippen molar-refractivity contribution in [3.8, 4) is 0 Å². The van der Waals surface area contributed by atoms with E-state index in [9.17, 15) is 22.8 Å². The molecule has 0 saturated heterocycles. The molecule has 0 atom stereocenters. The molecule has 28 heavy (non-hydrogen) atoms. The Kier molecular flexibility index (Phi) is 5.28. The van der Waals surface area contributed by atoms with Gasteiger partial charge in [-0.05, 0) is 49.7 Å². The summed E-state index contributed by atoms with van der Waals surface area (Å²) >= 11 is 1.21. The number of hydrogen-bond donors (Lipinski definition) is 2. The molecule has 0 aliphatic rings. The van der Waals surface area contributed by atoms with Gasteiger partial charge in [0.05, 0.1) is 28.0 Å². The first-order chi connectivity index (χ1) is 13.1. The third-order valence-corrected chi connectivity index (χ3v) is 5.16. The number of aryl methyl sites for hydroxylation is 2. The maximum absolute atomic E-state index is 13.5. The molecule has 0 saturated carbocycles. The molecule has 9 heteroatoms. The molecule has 0 fully saturated rings. The van der Waals surface area contributed by atoms with Crippen molar-refractivity contribution in [1.82, 2.24) is 0 Å². The summed E-state index contributed by atoms with van der Waals surface area (Å²) in [5.74, 6) is -1.23. The number of rotatable bonds is 4. The molecule has 0 radical (unpaired) electrons. The predicted molar refractivity (Wildman–Crippen MR) is 99.9 cm³/mol. The third-order valence-electron chi connectivity index (χ3n) is 4.00. The zero-order chi connectivity index (χ0) is 20.5. The number of alkyl halides is 3. The molecule has 2 amide bonds. The summed E-state index contributed by atoms with van der Waals surface area (Å²) in [5, 5.41) is 4.68. The Balaban J connectivity index is 1.86. The minimum Gasteiger partial charge on any atom is -0.472 e. The van der Waals surface area contributed by atoms with Gasteiger partial charge >= 0.3 is 6.18 Å². The molecule has 5 nitrogen and oxygen atoms in total. The number of halogens is 3. The summed E-state index contributed by atoms with van der Waals surface area (Å²) in [6, 6.07) is 6.19. The summed E-state index contributed by atoms with van der Waals surface area (Å²) in [6.07, 6.45) is -2.26. The molecule has 0 bridgehead atoms. The van der Waals surface area contributed by atoms with Gasteiger partial charge in [-0.3, -0.25) is 9.59 Å². The van der Waals surface area contributed by atoms with Crippen LogP contribution in [0.3, 0.4) is 0 Å². The smallest absolute Gasteiger partial charge is 0.418 e. The van der Waals surface area contributed by atoms with E-state index in [4.69, 9.17) is 4.42 Å². The van der Waals surface area contributed by atoms with E-state index in [-0.39, 0.29) is 16.9 Å². The first-order valence-corrected chi connectivity index (χ1v) is 8.90. The summed E-state index contributed by atoms with van der Waals surface area (Å²) in [4.78, 5) is 25.6. The van der Waals surface area contributed by atoms with E-state index in [1.54, 1.807) is 6.07 Å². The molecule has 0 aliphatic carbocycles. The first kappa shape index (κ1) is 19.7. The van der Waals surface area contributed by atoms with Crippen molar-refractivity contribution in [2.75, 3.05) is 10.6 Å². The van der Waals surface area contributed by atoms with Crippen LogP contribution in [-0.2, 0) is 6.18 Å². The Morgan fingerprint density at radius 1 is 1.04 bits per heavy atom. The van der Waals surface area contributed by atoms with Gasteiger partial charge in [-0.1, -0.05) is 0 Å². The lowest BCUT2D eigenvalue weighted by molar-refractivity contribution is -0.136. The van der Waals surface area contributed by atoms with Crippen molar-refractivity contribution in [3.05, 3.63) is 69.3 Å². The van der Waals surface area contributed by atoms with E-state index in [0.717, 1.165) is 22.6 Å². The maximum Gasteiger partial charge on any atom is 0.418 e. The van der Waals surface area contributed by atoms with Gasteiger partial charge in [-0.2, -0.15) is 13.2 Å². The number of amides is 2. The third kappa shape index (κ3) is 4.25. The molecule has 2 N–H and O–H groups in total. The fourth-order valence-electron chi connectivity index (χ4n) is 2.43. The highest BCUT2D eigenvalue weighted by Crippen LogP contribution is 2.37. The van der Waals surface area contributed by atoms with Crippen LogP contribution in [0.4, 0.5) is 24.5 Å². The number of benzene rings is 1. The molecule has 146 valence electrons. The van der Waals surface area contributed by atoms with Crippen molar-refractivity contribution in [2.24, 2.45) is 0 Å². The normalized spacial score (nSPS) is 11.3. The zero-order valence-corrected chi connectivity index (χ0v) is 15.6. The molecule has 1 aromatic carbocycles. The quantitative estimate of drug-likeness (QED) is 0.600. The van der Waals surface area contributed by atoms with Crippen LogP contribution < -0.4 is 10.6 Å². The van der Waals surface area contributed by atoms with E-state index in [2.05, 4.69) is 10.6 Å². The van der Waals surface area contributed by atoms with Crippen LogP contribution >= 0.6 is 11.3 Å². The lowest BCUT2D eigenvalue weighted by Gasteiger charge is -2.15. The number of carbonyl (C=O) groups is 2. The van der Waals surface area contributed by atoms with E-state index in [1.165, 1.54) is 36.0 Å². The average Bonchev–Trinajstić information content (AvgIpc) is 3.26. The van der Waals surface area contributed by atoms with E-state index in [0.29, 0.717) is 4.88 Å². The van der Waals surface area contributed by atoms with Crippen molar-refractivity contribution in [2.45, 2.75) is 20.0 Å². The summed E-state index contributed by atoms with van der Waals surface area (Å²) in [7, 11) is 0. The van der Waals surface area contributed by atoms with Gasteiger partial charge in [0.15, 0.2) is 0 Å². The van der Waals surface area contributed by atoms with E-state index < -0.39 is 23.6 Å². The van der Waals surface area contributed by atoms with Crippen LogP contribution in [-0.4, -0.2) is 11.8 Å². The van der Waals surface area contributed by atoms with Crippen molar-refractivity contribution >= 4 is 34.5 Å². The van der Waals surface area contributed by atoms with Gasteiger partial charge in [0.25, 0.3) is 11.8 Å². The van der Waals surface area contributed by atoms with Gasteiger partial charge in [0.1, 0.15) is 6.26 Å². The van der Waals surface area contributed by atoms with Crippen LogP contribution in [0.25, 0.3) is 0 Å². The Morgan fingerprint density at radius 2 is 1.79 bits per heavy atom. The van der Waals surface area contributed by atoms with Gasteiger partial charge in [-0.25, -0.2) is 0 Å². The Bertz CT molecular complexity index is 1000. The standard InChI is InChI=1S/C19H15F3N2O3S/c1-10-7-16(28-11(10)2)18(26)24-15-4-3-13(8-14(15)19(20,21)22)23-17(25)12-5-6-27-9-12/h3-9H,1-2H3,(H,23,25)(H,24,26). The summed E-state index contributed by atoms with van der Waals surface area (Å²) < 4.78 is 45.2. The molecule has 3 rings (SSSR count). The second-order valence-electron chi connectivity index (χ2n) is 6.03. The highest BCUT2D eigenvalue weighted by molar-refractivity contribution is 7.14. The SMILES string of the molecule is Cc1cc(C(=O)Nc2ccc(NC(=O)c3ccoc3)cc2C(F)(F)F)sc1C. The van der Waals surface area contributed by atoms with Crippen LogP contribution in [0, 0.1) is 13.8 Å². The predicted octanol–water partition coefficient (Wildman–Crippen LogP) is 5.48. The molecule has 2 heterocycles. The molecule has 3 aromatic rings. The highest BCUT2D eigenvalue weighted by atomic mass is 32.1. The fourth-order valence-corrected chi connectivity index (χ4v) is 3.36. The van der Waals surface area contributed by atoms with Crippen LogP contribution in [0.2, 0.25) is 0 Å². The lowest BCUT2D eigenvalue weighted by atomic mass is 10.1. The topological polar surface area (TPSA) is 71.3 Å². The van der Waals surface area contributed by atoms with Gasteiger partial charge in [0.2, 0.25) is 0 Å². The van der Waals surface area contributed by atoms with Gasteiger partial charge < -0.3 is 15.1 Å². The Hall–Kier alpha value is -3.07. The molecular formula is C19H15F3N2O3S. The number of nitrogens with one attached hydrogen (secondary N) is 2. The van der Waals surface area contributed by atoms with E-state index >= 15 is 0 Å². The van der Waals surface area contributed by atoms with Crippen LogP contribution in [0.5, 0.6) is 0 Å². The number of anilines is 2. The number of furan rings is 1. The number of thiophene rings is 1. The van der Waals surface area contributed by atoms with Crippen LogP contribution in [0.15, 0.2) is 47.3 Å². The van der Waals surface area contributed by atoms with Gasteiger partial charge in [0, 0.05) is 10.6 Å². The highest BCUT2D eigenvalue weighted by Gasteiger charge is 2.34. The van der Waals surface area contributed by atoms with E-state index in [1.807, 2.05) is 13.8 Å². The minimum absolute atomic E-state index is 0.0562. The largest absolute Gasteiger partial charge is 0.472 e. The minimum atomic E-state index is -4.72. The Labute approximate surface area is 162 Å². The van der Waals surface area contributed by atoms with Gasteiger partial charge in [-0.15, -0.1) is 11.3 Å². The first-order valence-electron chi connectivity index (χ1n) is 8.08. The summed E-state index contributed by atoms with van der Waals surface area (Å²) in [5.41, 5.74) is -0.435. The number of hydrogen-bond acceptors (Lipinski definition) is 4. The van der Waals surface area contributed by atoms with Crippen LogP contribution in [0.1, 0.15) is 36.0 Å². The van der Waals surface area contributed by atoms with Crippen molar-refractivity contribution < 1.29 is 27.2 Å². The van der Waals surface area contributed by atoms with Crippen molar-refractivity contribution in [3.63, 3.8) is 0 Å². The zero-order valence-electron chi connectivity index (χ0n) is 14.8. The summed E-state index contributed by atoms with van der Waals surface area (Å²) in [6.45, 7) is 3.65. The average molecular weight is 408 g/mol. The second kappa shape index (κ2) is 7.51. The number of carbonyl (C=O) groups excluding carboxylic acids is 2. The molecular weight excluding hydrogens is 393 g/mol. The Morgan fingerprint density at radius 3 is 2.36 bits per heavy atom. The molecule has 0 aliphatic heterocycles. The maximum atomic E-state index is 13.5. The molecule has 2 aromatic heterocycles. The molecule has 0 unspecified atom stereocenters. The van der Waals surface area contributed by atoms with Crippen molar-refractivity contribution in [1.29, 1.82) is 0 Å². The fraction of sp³-hybridized carbons (Fsp3) is 0.158. The second-order valence-corrected chi connectivity index (χ2v) is 7.28. The monoisotopic (exact) mass is 408 g/mol. The molecule has 0 spiro atoms.